The van der Waals surface area contributed by atoms with Crippen molar-refractivity contribution >= 4 is 16.7 Å². The van der Waals surface area contributed by atoms with Gasteiger partial charge < -0.3 is 4.74 Å². The van der Waals surface area contributed by atoms with E-state index in [1.807, 2.05) is 20.8 Å². The Labute approximate surface area is 117 Å². The van der Waals surface area contributed by atoms with Gasteiger partial charge in [0.2, 0.25) is 0 Å². The maximum atomic E-state index is 12.8. The molecule has 1 aromatic heterocycles. The summed E-state index contributed by atoms with van der Waals surface area (Å²) < 4.78 is 18.0. The molecule has 0 saturated heterocycles. The van der Waals surface area contributed by atoms with Crippen molar-refractivity contribution in [3.63, 3.8) is 0 Å². The van der Waals surface area contributed by atoms with Gasteiger partial charge in [0.15, 0.2) is 5.78 Å². The molecule has 0 spiro atoms. The number of ketones is 1. The number of halogens is 1. The molecule has 0 amide bonds. The van der Waals surface area contributed by atoms with Gasteiger partial charge in [0.1, 0.15) is 17.9 Å². The fourth-order valence-corrected chi connectivity index (χ4v) is 2.07. The van der Waals surface area contributed by atoms with Crippen LogP contribution in [0.25, 0.3) is 10.9 Å². The first-order valence-electron chi connectivity index (χ1n) is 6.46. The molecule has 4 heteroatoms. The van der Waals surface area contributed by atoms with Crippen LogP contribution in [0.15, 0.2) is 24.3 Å². The van der Waals surface area contributed by atoms with E-state index in [0.29, 0.717) is 27.9 Å². The van der Waals surface area contributed by atoms with Crippen LogP contribution in [-0.2, 0) is 6.67 Å². The van der Waals surface area contributed by atoms with E-state index in [9.17, 15) is 9.18 Å². The van der Waals surface area contributed by atoms with Crippen LogP contribution in [-0.4, -0.2) is 17.9 Å². The van der Waals surface area contributed by atoms with Crippen LogP contribution in [0.2, 0.25) is 0 Å². The lowest BCUT2D eigenvalue weighted by Crippen LogP contribution is -2.20. The molecule has 20 heavy (non-hydrogen) atoms. The molecule has 0 bridgehead atoms. The Morgan fingerprint density at radius 1 is 1.25 bits per heavy atom. The molecule has 2 aromatic rings. The van der Waals surface area contributed by atoms with Crippen molar-refractivity contribution in [2.24, 2.45) is 5.41 Å². The molecule has 0 unspecified atom stereocenters. The van der Waals surface area contributed by atoms with Crippen molar-refractivity contribution in [2.75, 3.05) is 7.11 Å². The van der Waals surface area contributed by atoms with E-state index in [4.69, 9.17) is 4.74 Å². The molecular formula is C16H18FNO2. The van der Waals surface area contributed by atoms with Crippen LogP contribution in [0, 0.1) is 5.41 Å². The fourth-order valence-electron chi connectivity index (χ4n) is 2.07. The molecule has 0 aliphatic rings. The monoisotopic (exact) mass is 275 g/mol. The van der Waals surface area contributed by atoms with Gasteiger partial charge in [-0.25, -0.2) is 9.37 Å². The van der Waals surface area contributed by atoms with Gasteiger partial charge in [0, 0.05) is 16.4 Å². The first kappa shape index (κ1) is 14.4. The number of hydrogen-bond acceptors (Lipinski definition) is 3. The molecule has 1 heterocycles. The Bertz CT molecular complexity index is 659. The van der Waals surface area contributed by atoms with Crippen LogP contribution in [0.5, 0.6) is 5.75 Å². The number of nitrogens with zero attached hydrogens (tertiary/aromatic N) is 1. The average Bonchev–Trinajstić information content (AvgIpc) is 2.43. The normalized spacial score (nSPS) is 11.7. The molecule has 0 radical (unpaired) electrons. The van der Waals surface area contributed by atoms with Gasteiger partial charge in [-0.05, 0) is 18.2 Å². The first-order valence-corrected chi connectivity index (χ1v) is 6.46. The van der Waals surface area contributed by atoms with E-state index in [-0.39, 0.29) is 5.78 Å². The van der Waals surface area contributed by atoms with Gasteiger partial charge in [-0.3, -0.25) is 4.79 Å². The molecule has 0 aliphatic heterocycles. The van der Waals surface area contributed by atoms with Crippen LogP contribution in [0.3, 0.4) is 0 Å². The van der Waals surface area contributed by atoms with Crippen molar-refractivity contribution in [2.45, 2.75) is 27.4 Å². The summed E-state index contributed by atoms with van der Waals surface area (Å²) in [5.74, 6) is 0.570. The molecular weight excluding hydrogens is 257 g/mol. The zero-order valence-corrected chi connectivity index (χ0v) is 12.2. The predicted molar refractivity (Wildman–Crippen MR) is 76.9 cm³/mol. The van der Waals surface area contributed by atoms with Crippen molar-refractivity contribution in [3.05, 3.63) is 35.5 Å². The minimum Gasteiger partial charge on any atom is -0.494 e. The van der Waals surface area contributed by atoms with Crippen molar-refractivity contribution in [1.82, 2.24) is 4.98 Å². The Morgan fingerprint density at radius 3 is 2.50 bits per heavy atom. The highest BCUT2D eigenvalue weighted by Crippen LogP contribution is 2.31. The molecule has 2 rings (SSSR count). The molecule has 0 atom stereocenters. The third kappa shape index (κ3) is 2.50. The number of pyridine rings is 1. The zero-order chi connectivity index (χ0) is 14.9. The third-order valence-corrected chi connectivity index (χ3v) is 3.16. The first-order chi connectivity index (χ1) is 9.38. The lowest BCUT2D eigenvalue weighted by Gasteiger charge is -2.18. The summed E-state index contributed by atoms with van der Waals surface area (Å²) in [6, 6.07) is 6.78. The summed E-state index contributed by atoms with van der Waals surface area (Å²) in [6.07, 6.45) is 0. The van der Waals surface area contributed by atoms with Crippen molar-refractivity contribution in [1.29, 1.82) is 0 Å². The van der Waals surface area contributed by atoms with Crippen LogP contribution in [0.1, 0.15) is 36.8 Å². The smallest absolute Gasteiger partial charge is 0.168 e. The molecule has 0 aliphatic carbocycles. The summed E-state index contributed by atoms with van der Waals surface area (Å²) in [7, 11) is 1.53. The van der Waals surface area contributed by atoms with Crippen LogP contribution >= 0.6 is 0 Å². The third-order valence-electron chi connectivity index (χ3n) is 3.16. The number of benzene rings is 1. The summed E-state index contributed by atoms with van der Waals surface area (Å²) >= 11 is 0. The largest absolute Gasteiger partial charge is 0.494 e. The van der Waals surface area contributed by atoms with Gasteiger partial charge >= 0.3 is 0 Å². The second-order valence-corrected chi connectivity index (χ2v) is 5.73. The maximum Gasteiger partial charge on any atom is 0.168 e. The predicted octanol–water partition coefficient (Wildman–Crippen LogP) is 3.94. The van der Waals surface area contributed by atoms with Gasteiger partial charge in [-0.1, -0.05) is 26.8 Å². The quantitative estimate of drug-likeness (QED) is 0.796. The van der Waals surface area contributed by atoms with Crippen LogP contribution in [0.4, 0.5) is 4.39 Å². The number of fused-ring (bicyclic) bond motifs is 1. The van der Waals surface area contributed by atoms with Gasteiger partial charge in [0.05, 0.1) is 12.8 Å². The lowest BCUT2D eigenvalue weighted by atomic mass is 9.85. The number of rotatable bonds is 3. The Kier molecular flexibility index (Phi) is 3.75. The summed E-state index contributed by atoms with van der Waals surface area (Å²) in [5, 5.41) is 0.696. The number of Topliss-reactive ketones (excluding diaryl/α,β-unsaturated/α-hetero) is 1. The number of carbonyl (C=O) groups excluding carboxylic acids is 1. The second kappa shape index (κ2) is 5.19. The highest BCUT2D eigenvalue weighted by Gasteiger charge is 2.25. The standard InChI is InChI=1S/C16H18FNO2/c1-16(2,3)15(19)12-7-8-13(20-4)14-11(12)6-5-10(9-17)18-14/h5-8H,9H2,1-4H3. The number of aromatic nitrogens is 1. The molecule has 0 saturated carbocycles. The van der Waals surface area contributed by atoms with Gasteiger partial charge in [0.25, 0.3) is 0 Å². The highest BCUT2D eigenvalue weighted by atomic mass is 19.1. The molecule has 0 fully saturated rings. The number of methoxy groups -OCH3 is 1. The fraction of sp³-hybridized carbons (Fsp3) is 0.375. The van der Waals surface area contributed by atoms with E-state index in [1.165, 1.54) is 7.11 Å². The number of hydrogen-bond donors (Lipinski definition) is 0. The van der Waals surface area contributed by atoms with Crippen molar-refractivity contribution < 1.29 is 13.9 Å². The lowest BCUT2D eigenvalue weighted by molar-refractivity contribution is 0.0860. The maximum absolute atomic E-state index is 12.8. The van der Waals surface area contributed by atoms with Gasteiger partial charge in [-0.15, -0.1) is 0 Å². The topological polar surface area (TPSA) is 39.2 Å². The number of ether oxygens (including phenoxy) is 1. The zero-order valence-electron chi connectivity index (χ0n) is 12.2. The Morgan fingerprint density at radius 2 is 1.95 bits per heavy atom. The minimum absolute atomic E-state index is 0.0277. The summed E-state index contributed by atoms with van der Waals surface area (Å²) in [6.45, 7) is 4.97. The second-order valence-electron chi connectivity index (χ2n) is 5.73. The van der Waals surface area contributed by atoms with Crippen molar-refractivity contribution in [3.8, 4) is 5.75 Å². The Balaban J connectivity index is 2.73. The number of carbonyl (C=O) groups is 1. The van der Waals surface area contributed by atoms with E-state index < -0.39 is 12.1 Å². The molecule has 3 nitrogen and oxygen atoms in total. The summed E-state index contributed by atoms with van der Waals surface area (Å²) in [4.78, 5) is 16.7. The number of alkyl halides is 1. The Hall–Kier alpha value is -1.97. The molecule has 0 N–H and O–H groups in total. The van der Waals surface area contributed by atoms with E-state index in [0.717, 1.165) is 0 Å². The molecule has 106 valence electrons. The minimum atomic E-state index is -0.642. The SMILES string of the molecule is COc1ccc(C(=O)C(C)(C)C)c2ccc(CF)nc12. The molecule has 1 aromatic carbocycles. The van der Waals surface area contributed by atoms with Crippen LogP contribution < -0.4 is 4.74 Å². The summed E-state index contributed by atoms with van der Waals surface area (Å²) in [5.41, 5.74) is 0.959. The average molecular weight is 275 g/mol. The van der Waals surface area contributed by atoms with Gasteiger partial charge in [-0.2, -0.15) is 0 Å². The van der Waals surface area contributed by atoms with E-state index in [2.05, 4.69) is 4.98 Å². The van der Waals surface area contributed by atoms with E-state index in [1.54, 1.807) is 24.3 Å². The van der Waals surface area contributed by atoms with E-state index >= 15 is 0 Å². The highest BCUT2D eigenvalue weighted by molar-refractivity contribution is 6.10.